The average molecular weight is 236 g/mol. The highest BCUT2D eigenvalue weighted by Gasteiger charge is 2.22. The van der Waals surface area contributed by atoms with Crippen molar-refractivity contribution in [2.45, 2.75) is 25.4 Å². The normalized spacial score (nSPS) is 22.1. The number of likely N-dealkylation sites (N-methyl/N-ethyl adjacent to an activating group) is 1. The molecule has 1 aromatic heterocycles. The van der Waals surface area contributed by atoms with Gasteiger partial charge in [0.15, 0.2) is 0 Å². The monoisotopic (exact) mass is 236 g/mol. The number of oxazole rings is 1. The van der Waals surface area contributed by atoms with Crippen LogP contribution in [0.3, 0.4) is 0 Å². The quantitative estimate of drug-likeness (QED) is 0.833. The van der Waals surface area contributed by atoms with Gasteiger partial charge in [-0.05, 0) is 19.9 Å². The highest BCUT2D eigenvalue weighted by Crippen LogP contribution is 2.20. The predicted octanol–water partition coefficient (Wildman–Crippen LogP) is 0.678. The lowest BCUT2D eigenvalue weighted by Crippen LogP contribution is -2.44. The summed E-state index contributed by atoms with van der Waals surface area (Å²) in [5, 5.41) is 3.45. The van der Waals surface area contributed by atoms with Crippen LogP contribution in [-0.2, 0) is 6.54 Å². The highest BCUT2D eigenvalue weighted by molar-refractivity contribution is 5.27. The van der Waals surface area contributed by atoms with Crippen LogP contribution in [0, 0.1) is 0 Å². The first-order valence-corrected chi connectivity index (χ1v) is 6.42. The van der Waals surface area contributed by atoms with E-state index >= 15 is 0 Å². The smallest absolute Gasteiger partial charge is 0.297 e. The topological polar surface area (TPSA) is 44.5 Å². The number of nitrogens with zero attached hydrogens (tertiary/aromatic N) is 3. The summed E-state index contributed by atoms with van der Waals surface area (Å²) in [6.45, 7) is 5.01. The standard InChI is InChI=1S/C12H20N4O/c1-15-4-6-16(7-5-15)12-14-11(9-17-12)8-13-10-2-3-10/h9-10,13H,2-8H2,1H3. The third kappa shape index (κ3) is 2.79. The fraction of sp³-hybridized carbons (Fsp3) is 0.750. The van der Waals surface area contributed by atoms with Gasteiger partial charge in [0.1, 0.15) is 6.26 Å². The van der Waals surface area contributed by atoms with Crippen molar-refractivity contribution in [3.05, 3.63) is 12.0 Å². The zero-order valence-corrected chi connectivity index (χ0v) is 10.4. The minimum Gasteiger partial charge on any atom is -0.432 e. The zero-order chi connectivity index (χ0) is 11.7. The van der Waals surface area contributed by atoms with E-state index in [9.17, 15) is 0 Å². The molecule has 0 atom stereocenters. The fourth-order valence-corrected chi connectivity index (χ4v) is 2.06. The maximum absolute atomic E-state index is 5.55. The Morgan fingerprint density at radius 3 is 2.82 bits per heavy atom. The van der Waals surface area contributed by atoms with Gasteiger partial charge in [0.2, 0.25) is 0 Å². The second kappa shape index (κ2) is 4.66. The molecule has 1 saturated heterocycles. The van der Waals surface area contributed by atoms with E-state index in [2.05, 4.69) is 27.1 Å². The lowest BCUT2D eigenvalue weighted by atomic mass is 10.3. The second-order valence-electron chi connectivity index (χ2n) is 5.07. The Morgan fingerprint density at radius 1 is 1.35 bits per heavy atom. The Morgan fingerprint density at radius 2 is 2.12 bits per heavy atom. The summed E-state index contributed by atoms with van der Waals surface area (Å²) in [5.41, 5.74) is 1.02. The average Bonchev–Trinajstić information content (AvgIpc) is 3.06. The first-order chi connectivity index (χ1) is 8.31. The third-order valence-corrected chi connectivity index (χ3v) is 3.46. The van der Waals surface area contributed by atoms with E-state index in [0.29, 0.717) is 0 Å². The van der Waals surface area contributed by atoms with E-state index < -0.39 is 0 Å². The molecule has 0 aromatic carbocycles. The first-order valence-electron chi connectivity index (χ1n) is 6.42. The van der Waals surface area contributed by atoms with Crippen LogP contribution in [-0.4, -0.2) is 49.2 Å². The summed E-state index contributed by atoms with van der Waals surface area (Å²) >= 11 is 0. The lowest BCUT2D eigenvalue weighted by molar-refractivity contribution is 0.305. The molecule has 3 rings (SSSR count). The molecule has 0 spiro atoms. The Kier molecular flexibility index (Phi) is 3.03. The van der Waals surface area contributed by atoms with Gasteiger partial charge in [-0.25, -0.2) is 0 Å². The molecule has 17 heavy (non-hydrogen) atoms. The van der Waals surface area contributed by atoms with Crippen molar-refractivity contribution in [1.29, 1.82) is 0 Å². The van der Waals surface area contributed by atoms with Crippen molar-refractivity contribution < 1.29 is 4.42 Å². The molecule has 0 unspecified atom stereocenters. The Labute approximate surface area is 102 Å². The van der Waals surface area contributed by atoms with Crippen LogP contribution in [0.4, 0.5) is 6.01 Å². The van der Waals surface area contributed by atoms with Crippen molar-refractivity contribution >= 4 is 6.01 Å². The van der Waals surface area contributed by atoms with E-state index in [-0.39, 0.29) is 0 Å². The van der Waals surface area contributed by atoms with Crippen LogP contribution in [0.15, 0.2) is 10.7 Å². The molecule has 1 aromatic rings. The highest BCUT2D eigenvalue weighted by atomic mass is 16.4. The van der Waals surface area contributed by atoms with E-state index in [1.54, 1.807) is 6.26 Å². The van der Waals surface area contributed by atoms with Crippen molar-refractivity contribution in [2.75, 3.05) is 38.1 Å². The predicted molar refractivity (Wildman–Crippen MR) is 66.1 cm³/mol. The van der Waals surface area contributed by atoms with Crippen molar-refractivity contribution in [2.24, 2.45) is 0 Å². The largest absolute Gasteiger partial charge is 0.432 e. The number of hydrogen-bond donors (Lipinski definition) is 1. The Bertz CT molecular complexity index is 366. The number of hydrogen-bond acceptors (Lipinski definition) is 5. The van der Waals surface area contributed by atoms with E-state index in [0.717, 1.165) is 50.5 Å². The summed E-state index contributed by atoms with van der Waals surface area (Å²) in [6, 6.07) is 1.50. The summed E-state index contributed by atoms with van der Waals surface area (Å²) in [7, 11) is 2.15. The summed E-state index contributed by atoms with van der Waals surface area (Å²) in [4.78, 5) is 9.09. The van der Waals surface area contributed by atoms with Gasteiger partial charge in [-0.15, -0.1) is 0 Å². The molecule has 2 heterocycles. The molecule has 2 fully saturated rings. The van der Waals surface area contributed by atoms with Crippen molar-refractivity contribution in [3.8, 4) is 0 Å². The van der Waals surface area contributed by atoms with Gasteiger partial charge in [-0.1, -0.05) is 0 Å². The van der Waals surface area contributed by atoms with Gasteiger partial charge in [0, 0.05) is 38.8 Å². The van der Waals surface area contributed by atoms with Crippen molar-refractivity contribution in [3.63, 3.8) is 0 Å². The van der Waals surface area contributed by atoms with Crippen LogP contribution in [0.1, 0.15) is 18.5 Å². The number of rotatable bonds is 4. The Balaban J connectivity index is 1.55. The summed E-state index contributed by atoms with van der Waals surface area (Å²) in [5.74, 6) is 0. The molecule has 0 bridgehead atoms. The number of nitrogens with one attached hydrogen (secondary N) is 1. The lowest BCUT2D eigenvalue weighted by Gasteiger charge is -2.31. The second-order valence-corrected chi connectivity index (χ2v) is 5.07. The van der Waals surface area contributed by atoms with Crippen LogP contribution in [0.25, 0.3) is 0 Å². The van der Waals surface area contributed by atoms with Gasteiger partial charge in [0.25, 0.3) is 6.01 Å². The molecule has 1 aliphatic carbocycles. The fourth-order valence-electron chi connectivity index (χ4n) is 2.06. The maximum atomic E-state index is 5.55. The van der Waals surface area contributed by atoms with Gasteiger partial charge in [0.05, 0.1) is 5.69 Å². The first kappa shape index (κ1) is 11.0. The van der Waals surface area contributed by atoms with Crippen LogP contribution in [0.2, 0.25) is 0 Å². The minimum atomic E-state index is 0.721. The molecular weight excluding hydrogens is 216 g/mol. The molecule has 1 saturated carbocycles. The maximum Gasteiger partial charge on any atom is 0.297 e. The van der Waals surface area contributed by atoms with Crippen LogP contribution in [0.5, 0.6) is 0 Å². The van der Waals surface area contributed by atoms with E-state index in [1.165, 1.54) is 12.8 Å². The van der Waals surface area contributed by atoms with Crippen LogP contribution >= 0.6 is 0 Å². The molecule has 1 aliphatic heterocycles. The minimum absolute atomic E-state index is 0.721. The number of piperazine rings is 1. The van der Waals surface area contributed by atoms with Gasteiger partial charge < -0.3 is 19.5 Å². The molecule has 94 valence electrons. The zero-order valence-electron chi connectivity index (χ0n) is 10.4. The van der Waals surface area contributed by atoms with E-state index in [1.807, 2.05) is 0 Å². The molecule has 5 nitrogen and oxygen atoms in total. The molecular formula is C12H20N4O. The molecule has 0 amide bonds. The SMILES string of the molecule is CN1CCN(c2nc(CNC3CC3)co2)CC1. The molecule has 1 N–H and O–H groups in total. The van der Waals surface area contributed by atoms with Gasteiger partial charge in [-0.2, -0.15) is 4.98 Å². The third-order valence-electron chi connectivity index (χ3n) is 3.46. The van der Waals surface area contributed by atoms with Crippen LogP contribution < -0.4 is 10.2 Å². The summed E-state index contributed by atoms with van der Waals surface area (Å²) in [6.07, 6.45) is 4.40. The van der Waals surface area contributed by atoms with Crippen molar-refractivity contribution in [1.82, 2.24) is 15.2 Å². The van der Waals surface area contributed by atoms with Gasteiger partial charge in [-0.3, -0.25) is 0 Å². The number of aromatic nitrogens is 1. The van der Waals surface area contributed by atoms with Gasteiger partial charge >= 0.3 is 0 Å². The Hall–Kier alpha value is -1.07. The molecule has 5 heteroatoms. The molecule has 2 aliphatic rings. The molecule has 0 radical (unpaired) electrons. The summed E-state index contributed by atoms with van der Waals surface area (Å²) < 4.78 is 5.55. The number of anilines is 1. The van der Waals surface area contributed by atoms with E-state index in [4.69, 9.17) is 4.42 Å².